The van der Waals surface area contributed by atoms with Gasteiger partial charge in [-0.15, -0.1) is 0 Å². The lowest BCUT2D eigenvalue weighted by atomic mass is 10.0. The first-order chi connectivity index (χ1) is 12.5. The molecule has 5 nitrogen and oxygen atoms in total. The van der Waals surface area contributed by atoms with E-state index in [0.717, 1.165) is 28.6 Å². The maximum Gasteiger partial charge on any atom is 0.264 e. The third-order valence-electron chi connectivity index (χ3n) is 4.27. The standard InChI is InChI=1S/C19H14FN3O2S/c1-10-4-3-5-13-14(18(25)23(2)15(10)13)16-17(24)22-19(26-16)21-12-8-6-11(20)7-9-12/h3-9H,1-2H3,(H,21,22,24)/b16-14+. The summed E-state index contributed by atoms with van der Waals surface area (Å²) in [6.07, 6.45) is 0. The van der Waals surface area contributed by atoms with Crippen molar-refractivity contribution in [2.75, 3.05) is 11.9 Å². The first-order valence-electron chi connectivity index (χ1n) is 7.91. The molecule has 0 radical (unpaired) electrons. The van der Waals surface area contributed by atoms with Crippen LogP contribution in [0.5, 0.6) is 0 Å². The molecule has 7 heteroatoms. The molecule has 0 aliphatic carbocycles. The van der Waals surface area contributed by atoms with E-state index in [-0.39, 0.29) is 17.6 Å². The summed E-state index contributed by atoms with van der Waals surface area (Å²) in [6, 6.07) is 11.3. The monoisotopic (exact) mass is 367 g/mol. The van der Waals surface area contributed by atoms with Crippen LogP contribution in [0.25, 0.3) is 5.57 Å². The van der Waals surface area contributed by atoms with Gasteiger partial charge in [0.25, 0.3) is 11.8 Å². The summed E-state index contributed by atoms with van der Waals surface area (Å²) in [7, 11) is 1.70. The molecular formula is C19H14FN3O2S. The molecule has 0 aromatic heterocycles. The Hall–Kier alpha value is -2.93. The molecule has 2 amide bonds. The maximum absolute atomic E-state index is 13.0. The fraction of sp³-hybridized carbons (Fsp3) is 0.105. The molecule has 0 saturated carbocycles. The van der Waals surface area contributed by atoms with Gasteiger partial charge in [0, 0.05) is 12.6 Å². The molecule has 2 aromatic rings. The Morgan fingerprint density at radius 3 is 2.58 bits per heavy atom. The zero-order valence-corrected chi connectivity index (χ0v) is 14.9. The molecule has 4 rings (SSSR count). The summed E-state index contributed by atoms with van der Waals surface area (Å²) in [5.41, 5.74) is 3.44. The van der Waals surface area contributed by atoms with Crippen LogP contribution < -0.4 is 10.2 Å². The number of aryl methyl sites for hydroxylation is 1. The van der Waals surface area contributed by atoms with Gasteiger partial charge in [-0.05, 0) is 48.5 Å². The number of amides is 2. The summed E-state index contributed by atoms with van der Waals surface area (Å²) in [5, 5.41) is 3.04. The van der Waals surface area contributed by atoms with Crippen LogP contribution >= 0.6 is 11.8 Å². The van der Waals surface area contributed by atoms with E-state index in [0.29, 0.717) is 21.3 Å². The number of rotatable bonds is 1. The van der Waals surface area contributed by atoms with Crippen LogP contribution in [0.4, 0.5) is 15.8 Å². The van der Waals surface area contributed by atoms with Crippen molar-refractivity contribution in [2.24, 2.45) is 4.99 Å². The molecule has 130 valence electrons. The van der Waals surface area contributed by atoms with Crippen molar-refractivity contribution in [3.63, 3.8) is 0 Å². The number of halogens is 1. The molecule has 26 heavy (non-hydrogen) atoms. The highest BCUT2D eigenvalue weighted by Gasteiger charge is 2.38. The van der Waals surface area contributed by atoms with Gasteiger partial charge < -0.3 is 10.2 Å². The Kier molecular flexibility index (Phi) is 3.88. The van der Waals surface area contributed by atoms with E-state index in [1.165, 1.54) is 24.3 Å². The number of hydrogen-bond acceptors (Lipinski definition) is 4. The molecule has 0 bridgehead atoms. The Morgan fingerprint density at radius 2 is 1.85 bits per heavy atom. The normalized spacial score (nSPS) is 20.7. The highest BCUT2D eigenvalue weighted by atomic mass is 32.2. The first-order valence-corrected chi connectivity index (χ1v) is 8.73. The van der Waals surface area contributed by atoms with Crippen LogP contribution in [0.1, 0.15) is 11.1 Å². The first kappa shape index (κ1) is 16.5. The summed E-state index contributed by atoms with van der Waals surface area (Å²) < 4.78 is 13.0. The highest BCUT2D eigenvalue weighted by Crippen LogP contribution is 2.43. The zero-order valence-electron chi connectivity index (χ0n) is 14.0. The Balaban J connectivity index is 1.77. The second-order valence-corrected chi connectivity index (χ2v) is 6.99. The van der Waals surface area contributed by atoms with Gasteiger partial charge in [-0.25, -0.2) is 9.38 Å². The second kappa shape index (κ2) is 6.10. The van der Waals surface area contributed by atoms with E-state index >= 15 is 0 Å². The molecule has 1 N–H and O–H groups in total. The fourth-order valence-corrected chi connectivity index (χ4v) is 4.01. The third-order valence-corrected chi connectivity index (χ3v) is 5.25. The summed E-state index contributed by atoms with van der Waals surface area (Å²) in [5.74, 6) is -0.927. The van der Waals surface area contributed by atoms with Gasteiger partial charge in [0.15, 0.2) is 5.17 Å². The van der Waals surface area contributed by atoms with E-state index in [4.69, 9.17) is 0 Å². The molecule has 0 spiro atoms. The fourth-order valence-electron chi connectivity index (χ4n) is 3.08. The number of para-hydroxylation sites is 1. The van der Waals surface area contributed by atoms with Crippen LogP contribution in [0.15, 0.2) is 52.4 Å². The van der Waals surface area contributed by atoms with Crippen LogP contribution in [0.2, 0.25) is 0 Å². The van der Waals surface area contributed by atoms with E-state index in [1.807, 2.05) is 25.1 Å². The predicted molar refractivity (Wildman–Crippen MR) is 101 cm³/mol. The van der Waals surface area contributed by atoms with Gasteiger partial charge in [0.2, 0.25) is 0 Å². The van der Waals surface area contributed by atoms with Crippen molar-refractivity contribution >= 4 is 45.7 Å². The van der Waals surface area contributed by atoms with Crippen molar-refractivity contribution in [2.45, 2.75) is 6.92 Å². The van der Waals surface area contributed by atoms with Crippen LogP contribution in [0, 0.1) is 12.7 Å². The van der Waals surface area contributed by atoms with Crippen molar-refractivity contribution in [3.8, 4) is 0 Å². The Labute approximate surface area is 153 Å². The van der Waals surface area contributed by atoms with E-state index in [2.05, 4.69) is 10.3 Å². The number of likely N-dealkylation sites (N-methyl/N-ethyl adjacent to an activating group) is 1. The highest BCUT2D eigenvalue weighted by molar-refractivity contribution is 8.18. The number of amidine groups is 1. The largest absolute Gasteiger partial charge is 0.310 e. The summed E-state index contributed by atoms with van der Waals surface area (Å²) in [6.45, 7) is 1.93. The van der Waals surface area contributed by atoms with E-state index in [9.17, 15) is 14.0 Å². The topological polar surface area (TPSA) is 61.8 Å². The number of fused-ring (bicyclic) bond motifs is 1. The molecular weight excluding hydrogens is 353 g/mol. The molecule has 2 aliphatic heterocycles. The lowest BCUT2D eigenvalue weighted by molar-refractivity contribution is -0.116. The molecule has 2 aromatic carbocycles. The average molecular weight is 367 g/mol. The van der Waals surface area contributed by atoms with Crippen molar-refractivity contribution in [1.82, 2.24) is 5.32 Å². The SMILES string of the molecule is Cc1cccc2c1N(C)C(=O)/C2=C1/SC(=Nc2ccc(F)cc2)NC1=O. The lowest BCUT2D eigenvalue weighted by Gasteiger charge is -2.11. The van der Waals surface area contributed by atoms with Gasteiger partial charge in [-0.3, -0.25) is 9.59 Å². The van der Waals surface area contributed by atoms with E-state index < -0.39 is 0 Å². The van der Waals surface area contributed by atoms with Crippen LogP contribution in [0.3, 0.4) is 0 Å². The maximum atomic E-state index is 13.0. The van der Waals surface area contributed by atoms with Crippen LogP contribution in [-0.2, 0) is 9.59 Å². The number of carbonyl (C=O) groups excluding carboxylic acids is 2. The molecule has 1 fully saturated rings. The Morgan fingerprint density at radius 1 is 1.12 bits per heavy atom. The quantitative estimate of drug-likeness (QED) is 0.786. The summed E-state index contributed by atoms with van der Waals surface area (Å²) in [4.78, 5) is 31.4. The molecule has 1 saturated heterocycles. The number of anilines is 1. The minimum absolute atomic E-state index is 0.213. The van der Waals surface area contributed by atoms with Gasteiger partial charge in [-0.2, -0.15) is 0 Å². The van der Waals surface area contributed by atoms with Crippen molar-refractivity contribution in [1.29, 1.82) is 0 Å². The van der Waals surface area contributed by atoms with Crippen LogP contribution in [-0.4, -0.2) is 24.0 Å². The van der Waals surface area contributed by atoms with Gasteiger partial charge in [0.05, 0.1) is 21.9 Å². The summed E-state index contributed by atoms with van der Waals surface area (Å²) >= 11 is 1.12. The number of hydrogen-bond donors (Lipinski definition) is 1. The van der Waals surface area contributed by atoms with Gasteiger partial charge >= 0.3 is 0 Å². The zero-order chi connectivity index (χ0) is 18.4. The number of nitrogens with one attached hydrogen (secondary N) is 1. The minimum atomic E-state index is -0.359. The van der Waals surface area contributed by atoms with Gasteiger partial charge in [-0.1, -0.05) is 18.2 Å². The minimum Gasteiger partial charge on any atom is -0.310 e. The molecule has 2 aliphatic rings. The average Bonchev–Trinajstić information content (AvgIpc) is 3.08. The smallest absolute Gasteiger partial charge is 0.264 e. The number of benzene rings is 2. The third kappa shape index (κ3) is 2.61. The molecule has 0 unspecified atom stereocenters. The molecule has 0 atom stereocenters. The number of thioether (sulfide) groups is 1. The number of nitrogens with zero attached hydrogens (tertiary/aromatic N) is 2. The van der Waals surface area contributed by atoms with E-state index in [1.54, 1.807) is 11.9 Å². The number of aliphatic imine (C=N–C) groups is 1. The molecule has 2 heterocycles. The number of carbonyl (C=O) groups is 2. The lowest BCUT2D eigenvalue weighted by Crippen LogP contribution is -2.23. The van der Waals surface area contributed by atoms with Gasteiger partial charge in [0.1, 0.15) is 5.82 Å². The predicted octanol–water partition coefficient (Wildman–Crippen LogP) is 3.37. The second-order valence-electron chi connectivity index (χ2n) is 5.99. The van der Waals surface area contributed by atoms with Crippen molar-refractivity contribution in [3.05, 3.63) is 64.3 Å². The van der Waals surface area contributed by atoms with Crippen molar-refractivity contribution < 1.29 is 14.0 Å². The Bertz CT molecular complexity index is 1010.